The van der Waals surface area contributed by atoms with Gasteiger partial charge >= 0.3 is 0 Å². The lowest BCUT2D eigenvalue weighted by Gasteiger charge is -2.37. The SMILES string of the molecule is CC(C)(C)OCCN1CCc2ccccc2C1CN. The van der Waals surface area contributed by atoms with Gasteiger partial charge in [-0.05, 0) is 38.3 Å². The second-order valence-electron chi connectivity index (χ2n) is 6.20. The highest BCUT2D eigenvalue weighted by Gasteiger charge is 2.25. The van der Waals surface area contributed by atoms with Crippen molar-refractivity contribution >= 4 is 0 Å². The average Bonchev–Trinajstić information content (AvgIpc) is 2.37. The Kier molecular flexibility index (Phi) is 4.61. The fourth-order valence-corrected chi connectivity index (χ4v) is 2.72. The minimum absolute atomic E-state index is 0.0636. The van der Waals surface area contributed by atoms with Crippen LogP contribution in [-0.4, -0.2) is 36.7 Å². The van der Waals surface area contributed by atoms with Gasteiger partial charge in [0, 0.05) is 25.7 Å². The van der Waals surface area contributed by atoms with Crippen LogP contribution in [0.2, 0.25) is 0 Å². The molecule has 1 unspecified atom stereocenters. The summed E-state index contributed by atoms with van der Waals surface area (Å²) in [5.74, 6) is 0. The predicted molar refractivity (Wildman–Crippen MR) is 79.2 cm³/mol. The van der Waals surface area contributed by atoms with E-state index >= 15 is 0 Å². The maximum absolute atomic E-state index is 5.98. The van der Waals surface area contributed by atoms with Crippen molar-refractivity contribution in [1.29, 1.82) is 0 Å². The molecule has 1 aromatic rings. The Bertz CT molecular complexity index is 411. The number of benzene rings is 1. The first kappa shape index (κ1) is 14.5. The molecular weight excluding hydrogens is 236 g/mol. The van der Waals surface area contributed by atoms with Crippen LogP contribution in [0.4, 0.5) is 0 Å². The van der Waals surface area contributed by atoms with Gasteiger partial charge in [-0.3, -0.25) is 4.90 Å². The van der Waals surface area contributed by atoms with E-state index in [1.165, 1.54) is 11.1 Å². The highest BCUT2D eigenvalue weighted by molar-refractivity contribution is 5.32. The number of ether oxygens (including phenoxy) is 1. The molecule has 1 aliphatic rings. The second-order valence-corrected chi connectivity index (χ2v) is 6.20. The van der Waals surface area contributed by atoms with Crippen LogP contribution in [0.3, 0.4) is 0 Å². The summed E-state index contributed by atoms with van der Waals surface area (Å²) in [5.41, 5.74) is 8.77. The normalized spacial score (nSPS) is 20.3. The summed E-state index contributed by atoms with van der Waals surface area (Å²) in [6.07, 6.45) is 1.11. The van der Waals surface area contributed by atoms with Crippen LogP contribution in [0.15, 0.2) is 24.3 Å². The van der Waals surface area contributed by atoms with Crippen LogP contribution in [0.25, 0.3) is 0 Å². The van der Waals surface area contributed by atoms with Gasteiger partial charge in [0.1, 0.15) is 0 Å². The molecule has 0 radical (unpaired) electrons. The number of fused-ring (bicyclic) bond motifs is 1. The first-order chi connectivity index (χ1) is 9.01. The molecule has 1 heterocycles. The maximum Gasteiger partial charge on any atom is 0.0600 e. The number of nitrogens with two attached hydrogens (primary N) is 1. The monoisotopic (exact) mass is 262 g/mol. The van der Waals surface area contributed by atoms with Crippen molar-refractivity contribution in [3.8, 4) is 0 Å². The summed E-state index contributed by atoms with van der Waals surface area (Å²) < 4.78 is 5.83. The Morgan fingerprint density at radius 3 is 2.74 bits per heavy atom. The smallest absolute Gasteiger partial charge is 0.0600 e. The average molecular weight is 262 g/mol. The molecule has 0 bridgehead atoms. The standard InChI is InChI=1S/C16H26N2O/c1-16(2,3)19-11-10-18-9-8-13-6-4-5-7-14(13)15(18)12-17/h4-7,15H,8-12,17H2,1-3H3. The maximum atomic E-state index is 5.98. The molecule has 3 nitrogen and oxygen atoms in total. The topological polar surface area (TPSA) is 38.5 Å². The predicted octanol–water partition coefficient (Wildman–Crippen LogP) is 2.36. The third-order valence-electron chi connectivity index (χ3n) is 3.66. The zero-order valence-corrected chi connectivity index (χ0v) is 12.4. The van der Waals surface area contributed by atoms with Gasteiger partial charge in [0.05, 0.1) is 12.2 Å². The zero-order chi connectivity index (χ0) is 13.9. The third-order valence-corrected chi connectivity index (χ3v) is 3.66. The second kappa shape index (κ2) is 6.04. The minimum Gasteiger partial charge on any atom is -0.375 e. The summed E-state index contributed by atoms with van der Waals surface area (Å²) in [6, 6.07) is 9.00. The Hall–Kier alpha value is -0.900. The lowest BCUT2D eigenvalue weighted by atomic mass is 9.92. The molecule has 0 aromatic heterocycles. The molecule has 19 heavy (non-hydrogen) atoms. The minimum atomic E-state index is -0.0636. The fraction of sp³-hybridized carbons (Fsp3) is 0.625. The van der Waals surface area contributed by atoms with Gasteiger partial charge in [-0.25, -0.2) is 0 Å². The molecule has 3 heteroatoms. The summed E-state index contributed by atoms with van der Waals surface area (Å²) in [6.45, 7) is 9.76. The molecule has 1 aromatic carbocycles. The molecule has 1 aliphatic heterocycles. The van der Waals surface area contributed by atoms with E-state index in [2.05, 4.69) is 49.9 Å². The number of nitrogens with zero attached hydrogens (tertiary/aromatic N) is 1. The van der Waals surface area contributed by atoms with E-state index in [1.807, 2.05) is 0 Å². The van der Waals surface area contributed by atoms with Crippen molar-refractivity contribution < 1.29 is 4.74 Å². The van der Waals surface area contributed by atoms with Crippen LogP contribution in [0, 0.1) is 0 Å². The van der Waals surface area contributed by atoms with Gasteiger partial charge in [0.25, 0.3) is 0 Å². The van der Waals surface area contributed by atoms with Gasteiger partial charge in [-0.1, -0.05) is 24.3 Å². The number of rotatable bonds is 4. The molecule has 1 atom stereocenters. The largest absolute Gasteiger partial charge is 0.375 e. The fourth-order valence-electron chi connectivity index (χ4n) is 2.72. The highest BCUT2D eigenvalue weighted by atomic mass is 16.5. The summed E-state index contributed by atoms with van der Waals surface area (Å²) in [4.78, 5) is 2.45. The molecule has 106 valence electrons. The molecule has 0 fully saturated rings. The molecule has 0 aliphatic carbocycles. The lowest BCUT2D eigenvalue weighted by Crippen LogP contribution is -2.41. The van der Waals surface area contributed by atoms with E-state index in [4.69, 9.17) is 10.5 Å². The Morgan fingerprint density at radius 1 is 1.32 bits per heavy atom. The van der Waals surface area contributed by atoms with E-state index < -0.39 is 0 Å². The molecule has 0 amide bonds. The Balaban J connectivity index is 2.00. The van der Waals surface area contributed by atoms with Crippen LogP contribution in [-0.2, 0) is 11.2 Å². The molecule has 2 N–H and O–H groups in total. The van der Waals surface area contributed by atoms with Crippen LogP contribution in [0.5, 0.6) is 0 Å². The molecule has 2 rings (SSSR count). The van der Waals surface area contributed by atoms with E-state index in [9.17, 15) is 0 Å². The van der Waals surface area contributed by atoms with Crippen LogP contribution < -0.4 is 5.73 Å². The quantitative estimate of drug-likeness (QED) is 0.905. The van der Waals surface area contributed by atoms with Gasteiger partial charge in [-0.2, -0.15) is 0 Å². The van der Waals surface area contributed by atoms with Crippen molar-refractivity contribution in [2.24, 2.45) is 5.73 Å². The first-order valence-electron chi connectivity index (χ1n) is 7.17. The van der Waals surface area contributed by atoms with E-state index in [0.717, 1.165) is 26.1 Å². The van der Waals surface area contributed by atoms with Gasteiger partial charge in [-0.15, -0.1) is 0 Å². The third kappa shape index (κ3) is 3.78. The molecule has 0 spiro atoms. The van der Waals surface area contributed by atoms with Crippen molar-refractivity contribution in [3.05, 3.63) is 35.4 Å². The molecule has 0 saturated heterocycles. The Morgan fingerprint density at radius 2 is 2.05 bits per heavy atom. The number of hydrogen-bond acceptors (Lipinski definition) is 3. The van der Waals surface area contributed by atoms with E-state index in [0.29, 0.717) is 12.6 Å². The van der Waals surface area contributed by atoms with Crippen molar-refractivity contribution in [2.45, 2.75) is 38.8 Å². The lowest BCUT2D eigenvalue weighted by molar-refractivity contribution is -0.0183. The Labute approximate surface area is 116 Å². The van der Waals surface area contributed by atoms with Gasteiger partial charge < -0.3 is 10.5 Å². The van der Waals surface area contributed by atoms with Crippen LogP contribution in [0.1, 0.15) is 37.9 Å². The van der Waals surface area contributed by atoms with Crippen molar-refractivity contribution in [3.63, 3.8) is 0 Å². The summed E-state index contributed by atoms with van der Waals surface area (Å²) in [7, 11) is 0. The molecule has 0 saturated carbocycles. The summed E-state index contributed by atoms with van der Waals surface area (Å²) >= 11 is 0. The highest BCUT2D eigenvalue weighted by Crippen LogP contribution is 2.28. The zero-order valence-electron chi connectivity index (χ0n) is 12.4. The van der Waals surface area contributed by atoms with E-state index in [-0.39, 0.29) is 5.60 Å². The van der Waals surface area contributed by atoms with Crippen LogP contribution >= 0.6 is 0 Å². The van der Waals surface area contributed by atoms with Crippen molar-refractivity contribution in [2.75, 3.05) is 26.2 Å². The number of hydrogen-bond donors (Lipinski definition) is 1. The van der Waals surface area contributed by atoms with Gasteiger partial charge in [0.2, 0.25) is 0 Å². The molecular formula is C16H26N2O. The van der Waals surface area contributed by atoms with Gasteiger partial charge in [0.15, 0.2) is 0 Å². The first-order valence-corrected chi connectivity index (χ1v) is 7.17. The summed E-state index contributed by atoms with van der Waals surface area (Å²) in [5, 5.41) is 0. The van der Waals surface area contributed by atoms with Crippen molar-refractivity contribution in [1.82, 2.24) is 4.90 Å². The van der Waals surface area contributed by atoms with E-state index in [1.54, 1.807) is 0 Å².